The number of benzene rings is 1. The molecule has 0 aliphatic carbocycles. The summed E-state index contributed by atoms with van der Waals surface area (Å²) in [6, 6.07) is 11.3. The highest BCUT2D eigenvalue weighted by atomic mass is 16.4. The van der Waals surface area contributed by atoms with Crippen LogP contribution in [0.25, 0.3) is 12.2 Å². The number of furan rings is 1. The third-order valence-corrected chi connectivity index (χ3v) is 2.14. The minimum absolute atomic E-state index is 0.0350. The maximum atomic E-state index is 10.8. The van der Waals surface area contributed by atoms with Gasteiger partial charge in [0, 0.05) is 5.56 Å². The number of hydrogen-bond acceptors (Lipinski definition) is 2. The summed E-state index contributed by atoms with van der Waals surface area (Å²) in [6.45, 7) is 0. The van der Waals surface area contributed by atoms with Gasteiger partial charge in [-0.1, -0.05) is 42.5 Å². The van der Waals surface area contributed by atoms with Gasteiger partial charge in [-0.25, -0.2) is 4.79 Å². The van der Waals surface area contributed by atoms with Crippen molar-refractivity contribution >= 4 is 18.1 Å². The van der Waals surface area contributed by atoms with Gasteiger partial charge in [0.05, 0.1) is 6.26 Å². The molecule has 0 atom stereocenters. The Morgan fingerprint density at radius 3 is 2.56 bits per heavy atom. The Labute approximate surface area is 92.6 Å². The first-order valence-electron chi connectivity index (χ1n) is 4.81. The molecule has 80 valence electrons. The molecule has 0 radical (unpaired) electrons. The number of carbonyl (C=O) groups is 1. The summed E-state index contributed by atoms with van der Waals surface area (Å²) in [6.07, 6.45) is 4.94. The van der Waals surface area contributed by atoms with E-state index in [0.29, 0.717) is 5.56 Å². The van der Waals surface area contributed by atoms with Crippen molar-refractivity contribution in [2.24, 2.45) is 0 Å². The molecular weight excluding hydrogens is 204 g/mol. The van der Waals surface area contributed by atoms with E-state index in [1.807, 2.05) is 36.4 Å². The van der Waals surface area contributed by atoms with Gasteiger partial charge in [-0.05, 0) is 11.6 Å². The van der Waals surface area contributed by atoms with Crippen molar-refractivity contribution in [3.05, 3.63) is 59.5 Å². The maximum absolute atomic E-state index is 10.8. The molecule has 3 nitrogen and oxygen atoms in total. The van der Waals surface area contributed by atoms with E-state index in [4.69, 9.17) is 9.52 Å². The molecule has 0 spiro atoms. The van der Waals surface area contributed by atoms with Gasteiger partial charge in [0.2, 0.25) is 5.76 Å². The average Bonchev–Trinajstić information content (AvgIpc) is 2.76. The van der Waals surface area contributed by atoms with E-state index in [1.54, 1.807) is 12.1 Å². The van der Waals surface area contributed by atoms with Crippen LogP contribution < -0.4 is 0 Å². The minimum atomic E-state index is -1.06. The lowest BCUT2D eigenvalue weighted by Crippen LogP contribution is -1.95. The zero-order valence-corrected chi connectivity index (χ0v) is 8.46. The minimum Gasteiger partial charge on any atom is -0.475 e. The number of rotatable bonds is 3. The Balaban J connectivity index is 2.24. The van der Waals surface area contributed by atoms with Gasteiger partial charge >= 0.3 is 5.97 Å². The predicted octanol–water partition coefficient (Wildman–Crippen LogP) is 3.15. The molecule has 1 heterocycles. The van der Waals surface area contributed by atoms with Crippen LogP contribution >= 0.6 is 0 Å². The van der Waals surface area contributed by atoms with Gasteiger partial charge in [0.15, 0.2) is 0 Å². The number of aromatic carboxylic acids is 1. The molecule has 0 saturated heterocycles. The van der Waals surface area contributed by atoms with Crippen molar-refractivity contribution in [1.82, 2.24) is 0 Å². The highest BCUT2D eigenvalue weighted by Gasteiger charge is 2.10. The second-order valence-corrected chi connectivity index (χ2v) is 3.25. The van der Waals surface area contributed by atoms with Gasteiger partial charge in [-0.3, -0.25) is 0 Å². The molecule has 0 aliphatic rings. The Morgan fingerprint density at radius 1 is 1.12 bits per heavy atom. The van der Waals surface area contributed by atoms with Gasteiger partial charge in [0.1, 0.15) is 0 Å². The SMILES string of the molecule is O=C(O)c1occc1C=Cc1ccccc1. The van der Waals surface area contributed by atoms with Crippen LogP contribution in [0.3, 0.4) is 0 Å². The molecule has 2 rings (SSSR count). The fourth-order valence-electron chi connectivity index (χ4n) is 1.37. The van der Waals surface area contributed by atoms with Gasteiger partial charge < -0.3 is 9.52 Å². The Kier molecular flexibility index (Phi) is 2.87. The Morgan fingerprint density at radius 2 is 1.88 bits per heavy atom. The van der Waals surface area contributed by atoms with Crippen LogP contribution in [0.2, 0.25) is 0 Å². The Hall–Kier alpha value is -2.29. The first kappa shape index (κ1) is 10.2. The zero-order valence-electron chi connectivity index (χ0n) is 8.46. The molecule has 1 aromatic heterocycles. The highest BCUT2D eigenvalue weighted by molar-refractivity contribution is 5.90. The highest BCUT2D eigenvalue weighted by Crippen LogP contribution is 2.14. The van der Waals surface area contributed by atoms with Crippen LogP contribution in [0.1, 0.15) is 21.7 Å². The lowest BCUT2D eigenvalue weighted by molar-refractivity contribution is 0.0662. The molecule has 0 unspecified atom stereocenters. The van der Waals surface area contributed by atoms with Crippen LogP contribution in [0.15, 0.2) is 47.1 Å². The van der Waals surface area contributed by atoms with Crippen molar-refractivity contribution in [2.45, 2.75) is 0 Å². The number of carboxylic acids is 1. The van der Waals surface area contributed by atoms with Gasteiger partial charge in [-0.15, -0.1) is 0 Å². The molecule has 0 amide bonds. The first-order chi connectivity index (χ1) is 7.77. The van der Waals surface area contributed by atoms with E-state index in [2.05, 4.69) is 0 Å². The molecule has 0 fully saturated rings. The Bertz CT molecular complexity index is 509. The number of hydrogen-bond donors (Lipinski definition) is 1. The summed E-state index contributed by atoms with van der Waals surface area (Å²) in [5.41, 5.74) is 1.58. The molecule has 3 heteroatoms. The number of carboxylic acid groups (broad SMARTS) is 1. The van der Waals surface area contributed by atoms with E-state index in [-0.39, 0.29) is 5.76 Å². The van der Waals surface area contributed by atoms with Gasteiger partial charge in [0.25, 0.3) is 0 Å². The lowest BCUT2D eigenvalue weighted by atomic mass is 10.1. The van der Waals surface area contributed by atoms with Crippen LogP contribution in [-0.4, -0.2) is 11.1 Å². The normalized spacial score (nSPS) is 10.8. The van der Waals surface area contributed by atoms with E-state index in [1.165, 1.54) is 6.26 Å². The van der Waals surface area contributed by atoms with Crippen LogP contribution in [0.5, 0.6) is 0 Å². The van der Waals surface area contributed by atoms with Crippen molar-refractivity contribution in [1.29, 1.82) is 0 Å². The first-order valence-corrected chi connectivity index (χ1v) is 4.81. The second-order valence-electron chi connectivity index (χ2n) is 3.25. The summed E-state index contributed by atoms with van der Waals surface area (Å²) in [5.74, 6) is -1.09. The standard InChI is InChI=1S/C13H10O3/c14-13(15)12-11(8-9-16-12)7-6-10-4-2-1-3-5-10/h1-9H,(H,14,15). The van der Waals surface area contributed by atoms with E-state index < -0.39 is 5.97 Å². The summed E-state index contributed by atoms with van der Waals surface area (Å²) in [7, 11) is 0. The molecule has 1 aromatic carbocycles. The molecule has 2 aromatic rings. The van der Waals surface area contributed by atoms with Crippen molar-refractivity contribution < 1.29 is 14.3 Å². The van der Waals surface area contributed by atoms with E-state index >= 15 is 0 Å². The predicted molar refractivity (Wildman–Crippen MR) is 61.0 cm³/mol. The fourth-order valence-corrected chi connectivity index (χ4v) is 1.37. The molecular formula is C13H10O3. The average molecular weight is 214 g/mol. The summed E-state index contributed by atoms with van der Waals surface area (Å²) < 4.78 is 4.86. The second kappa shape index (κ2) is 4.49. The zero-order chi connectivity index (χ0) is 11.4. The third kappa shape index (κ3) is 2.20. The quantitative estimate of drug-likeness (QED) is 0.853. The monoisotopic (exact) mass is 214 g/mol. The van der Waals surface area contributed by atoms with E-state index in [0.717, 1.165) is 5.56 Å². The molecule has 1 N–H and O–H groups in total. The third-order valence-electron chi connectivity index (χ3n) is 2.14. The largest absolute Gasteiger partial charge is 0.475 e. The molecule has 0 aliphatic heterocycles. The molecule has 16 heavy (non-hydrogen) atoms. The molecule has 0 bridgehead atoms. The van der Waals surface area contributed by atoms with Crippen molar-refractivity contribution in [3.63, 3.8) is 0 Å². The lowest BCUT2D eigenvalue weighted by Gasteiger charge is -1.92. The van der Waals surface area contributed by atoms with Crippen LogP contribution in [-0.2, 0) is 0 Å². The van der Waals surface area contributed by atoms with Crippen LogP contribution in [0, 0.1) is 0 Å². The summed E-state index contributed by atoms with van der Waals surface area (Å²) >= 11 is 0. The fraction of sp³-hybridized carbons (Fsp3) is 0. The van der Waals surface area contributed by atoms with Crippen molar-refractivity contribution in [2.75, 3.05) is 0 Å². The summed E-state index contributed by atoms with van der Waals surface area (Å²) in [5, 5.41) is 8.82. The summed E-state index contributed by atoms with van der Waals surface area (Å²) in [4.78, 5) is 10.8. The topological polar surface area (TPSA) is 50.4 Å². The smallest absolute Gasteiger partial charge is 0.372 e. The van der Waals surface area contributed by atoms with Crippen LogP contribution in [0.4, 0.5) is 0 Å². The van der Waals surface area contributed by atoms with E-state index in [9.17, 15) is 4.79 Å². The maximum Gasteiger partial charge on any atom is 0.372 e. The van der Waals surface area contributed by atoms with Crippen molar-refractivity contribution in [3.8, 4) is 0 Å². The molecule has 0 saturated carbocycles. The van der Waals surface area contributed by atoms with Gasteiger partial charge in [-0.2, -0.15) is 0 Å².